The third kappa shape index (κ3) is 4.44. The number of nitrogens with two attached hydrogens (primary N) is 1. The highest BCUT2D eigenvalue weighted by Gasteiger charge is 2.12. The van der Waals surface area contributed by atoms with Crippen LogP contribution in [-0.2, 0) is 22.3 Å². The number of sulfonamides is 1. The van der Waals surface area contributed by atoms with Crippen molar-refractivity contribution in [3.8, 4) is 0 Å². The van der Waals surface area contributed by atoms with Crippen LogP contribution in [0.5, 0.6) is 0 Å². The maximum Gasteiger partial charge on any atom is 0.287 e. The van der Waals surface area contributed by atoms with Gasteiger partial charge in [0.1, 0.15) is 0 Å². The van der Waals surface area contributed by atoms with Crippen molar-refractivity contribution >= 4 is 15.9 Å². The maximum absolute atomic E-state index is 11.9. The van der Waals surface area contributed by atoms with Gasteiger partial charge in [0.2, 0.25) is 10.0 Å². The average molecular weight is 308 g/mol. The molecule has 2 aromatic rings. The summed E-state index contributed by atoms with van der Waals surface area (Å²) < 4.78 is 27.0. The highest BCUT2D eigenvalue weighted by molar-refractivity contribution is 7.88. The predicted octanol–water partition coefficient (Wildman–Crippen LogP) is 1.31. The van der Waals surface area contributed by atoms with Gasteiger partial charge in [0, 0.05) is 12.1 Å². The van der Waals surface area contributed by atoms with E-state index >= 15 is 0 Å². The molecule has 112 valence electrons. The molecule has 0 atom stereocenters. The summed E-state index contributed by atoms with van der Waals surface area (Å²) in [5.41, 5.74) is 2.23. The van der Waals surface area contributed by atoms with Crippen LogP contribution in [0.1, 0.15) is 27.2 Å². The average Bonchev–Trinajstić information content (AvgIpc) is 2.82. The van der Waals surface area contributed by atoms with Crippen molar-refractivity contribution in [1.29, 1.82) is 0 Å². The van der Waals surface area contributed by atoms with Crippen LogP contribution in [0.15, 0.2) is 41.0 Å². The van der Waals surface area contributed by atoms with Gasteiger partial charge in [0.25, 0.3) is 5.91 Å². The Morgan fingerprint density at radius 3 is 2.33 bits per heavy atom. The molecule has 1 amide bonds. The minimum Gasteiger partial charge on any atom is -0.459 e. The van der Waals surface area contributed by atoms with Crippen LogP contribution in [-0.4, -0.2) is 14.3 Å². The van der Waals surface area contributed by atoms with Crippen LogP contribution in [0.4, 0.5) is 0 Å². The van der Waals surface area contributed by atoms with Crippen molar-refractivity contribution in [1.82, 2.24) is 5.32 Å². The lowest BCUT2D eigenvalue weighted by molar-refractivity contribution is 0.0922. The van der Waals surface area contributed by atoms with Crippen molar-refractivity contribution in [2.45, 2.75) is 19.2 Å². The number of benzene rings is 1. The zero-order chi connectivity index (χ0) is 15.5. The number of carbonyl (C=O) groups excluding carboxylic acids is 1. The Morgan fingerprint density at radius 1 is 1.19 bits per heavy atom. The Hall–Kier alpha value is -2.12. The first-order chi connectivity index (χ1) is 9.85. The number of rotatable bonds is 5. The molecule has 0 fully saturated rings. The van der Waals surface area contributed by atoms with E-state index in [1.54, 1.807) is 37.3 Å². The van der Waals surface area contributed by atoms with Gasteiger partial charge in [-0.25, -0.2) is 13.6 Å². The standard InChI is InChI=1S/C14H16N2O4S/c1-10-6-7-20-13(10)14(17)16-8-11-2-4-12(5-3-11)9-21(15,18)19/h2-7H,8-9H2,1H3,(H,16,17)(H2,15,18,19). The Morgan fingerprint density at radius 2 is 1.81 bits per heavy atom. The molecule has 0 unspecified atom stereocenters. The fourth-order valence-electron chi connectivity index (χ4n) is 1.85. The van der Waals surface area contributed by atoms with Gasteiger partial charge < -0.3 is 9.73 Å². The molecule has 0 spiro atoms. The van der Waals surface area contributed by atoms with E-state index in [-0.39, 0.29) is 11.7 Å². The van der Waals surface area contributed by atoms with Gasteiger partial charge in [-0.1, -0.05) is 24.3 Å². The first-order valence-electron chi connectivity index (χ1n) is 6.26. The quantitative estimate of drug-likeness (QED) is 0.869. The highest BCUT2D eigenvalue weighted by Crippen LogP contribution is 2.10. The van der Waals surface area contributed by atoms with Crippen molar-refractivity contribution < 1.29 is 17.6 Å². The van der Waals surface area contributed by atoms with E-state index in [0.29, 0.717) is 17.9 Å². The molecular formula is C14H16N2O4S. The second kappa shape index (κ2) is 6.11. The number of hydrogen-bond acceptors (Lipinski definition) is 4. The van der Waals surface area contributed by atoms with Crippen LogP contribution in [0.3, 0.4) is 0 Å². The summed E-state index contributed by atoms with van der Waals surface area (Å²) in [5.74, 6) is -0.197. The highest BCUT2D eigenvalue weighted by atomic mass is 32.2. The molecule has 3 N–H and O–H groups in total. The monoisotopic (exact) mass is 308 g/mol. The molecule has 0 aliphatic heterocycles. The van der Waals surface area contributed by atoms with Crippen LogP contribution in [0.25, 0.3) is 0 Å². The van der Waals surface area contributed by atoms with E-state index in [0.717, 1.165) is 11.1 Å². The summed E-state index contributed by atoms with van der Waals surface area (Å²) in [5, 5.41) is 7.71. The van der Waals surface area contributed by atoms with Crippen molar-refractivity contribution in [2.75, 3.05) is 0 Å². The SMILES string of the molecule is Cc1ccoc1C(=O)NCc1ccc(CS(N)(=O)=O)cc1. The summed E-state index contributed by atoms with van der Waals surface area (Å²) in [6, 6.07) is 8.55. The molecule has 0 aliphatic rings. The van der Waals surface area contributed by atoms with Gasteiger partial charge in [0.05, 0.1) is 12.0 Å². The first kappa shape index (κ1) is 15.3. The van der Waals surface area contributed by atoms with E-state index in [1.165, 1.54) is 6.26 Å². The van der Waals surface area contributed by atoms with E-state index in [4.69, 9.17) is 9.56 Å². The first-order valence-corrected chi connectivity index (χ1v) is 7.97. The maximum atomic E-state index is 11.9. The zero-order valence-electron chi connectivity index (χ0n) is 11.5. The van der Waals surface area contributed by atoms with E-state index in [1.807, 2.05) is 0 Å². The van der Waals surface area contributed by atoms with Gasteiger partial charge in [-0.05, 0) is 24.1 Å². The molecule has 0 saturated carbocycles. The van der Waals surface area contributed by atoms with E-state index < -0.39 is 10.0 Å². The lowest BCUT2D eigenvalue weighted by Crippen LogP contribution is -2.23. The van der Waals surface area contributed by atoms with E-state index in [2.05, 4.69) is 5.32 Å². The molecule has 1 heterocycles. The molecule has 0 saturated heterocycles. The van der Waals surface area contributed by atoms with Gasteiger partial charge in [0.15, 0.2) is 5.76 Å². The van der Waals surface area contributed by atoms with Crippen LogP contribution in [0, 0.1) is 6.92 Å². The minimum atomic E-state index is -3.53. The number of amides is 1. The lowest BCUT2D eigenvalue weighted by Gasteiger charge is -2.05. The second-order valence-corrected chi connectivity index (χ2v) is 6.35. The summed E-state index contributed by atoms with van der Waals surface area (Å²) in [6.07, 6.45) is 1.46. The number of primary sulfonamides is 1. The molecule has 6 nitrogen and oxygen atoms in total. The largest absolute Gasteiger partial charge is 0.459 e. The Balaban J connectivity index is 1.95. The van der Waals surface area contributed by atoms with Crippen LogP contribution in [0.2, 0.25) is 0 Å². The fourth-order valence-corrected chi connectivity index (χ4v) is 2.51. The molecule has 21 heavy (non-hydrogen) atoms. The lowest BCUT2D eigenvalue weighted by atomic mass is 10.1. The fraction of sp³-hybridized carbons (Fsp3) is 0.214. The topological polar surface area (TPSA) is 102 Å². The summed E-state index contributed by atoms with van der Waals surface area (Å²) >= 11 is 0. The molecule has 0 radical (unpaired) electrons. The number of carbonyl (C=O) groups is 1. The Kier molecular flexibility index (Phi) is 4.44. The number of nitrogens with one attached hydrogen (secondary N) is 1. The Labute approximate surface area is 123 Å². The smallest absolute Gasteiger partial charge is 0.287 e. The number of aryl methyl sites for hydroxylation is 1. The van der Waals surface area contributed by atoms with Gasteiger partial charge >= 0.3 is 0 Å². The predicted molar refractivity (Wildman–Crippen MR) is 77.9 cm³/mol. The minimum absolute atomic E-state index is 0.203. The molecule has 0 aliphatic carbocycles. The van der Waals surface area contributed by atoms with Gasteiger partial charge in [-0.3, -0.25) is 4.79 Å². The summed E-state index contributed by atoms with van der Waals surface area (Å²) in [6.45, 7) is 2.12. The third-order valence-corrected chi connectivity index (χ3v) is 3.65. The molecule has 1 aromatic heterocycles. The number of hydrogen-bond donors (Lipinski definition) is 2. The van der Waals surface area contributed by atoms with Crippen LogP contribution < -0.4 is 10.5 Å². The van der Waals surface area contributed by atoms with Crippen molar-refractivity contribution in [3.05, 3.63) is 59.0 Å². The number of furan rings is 1. The molecule has 2 rings (SSSR count). The molecule has 1 aromatic carbocycles. The summed E-state index contributed by atoms with van der Waals surface area (Å²) in [4.78, 5) is 11.9. The van der Waals surface area contributed by atoms with Crippen molar-refractivity contribution in [3.63, 3.8) is 0 Å². The van der Waals surface area contributed by atoms with Gasteiger partial charge in [-0.15, -0.1) is 0 Å². The normalized spacial score (nSPS) is 11.3. The molecule has 0 bridgehead atoms. The van der Waals surface area contributed by atoms with E-state index in [9.17, 15) is 13.2 Å². The van der Waals surface area contributed by atoms with Gasteiger partial charge in [-0.2, -0.15) is 0 Å². The Bertz CT molecular complexity index is 733. The third-order valence-electron chi connectivity index (χ3n) is 2.91. The zero-order valence-corrected chi connectivity index (χ0v) is 12.3. The molecular weight excluding hydrogens is 292 g/mol. The van der Waals surface area contributed by atoms with Crippen LogP contribution >= 0.6 is 0 Å². The second-order valence-electron chi connectivity index (χ2n) is 4.74. The molecule has 7 heteroatoms. The summed E-state index contributed by atoms with van der Waals surface area (Å²) in [7, 11) is -3.53. The van der Waals surface area contributed by atoms with Crippen molar-refractivity contribution in [2.24, 2.45) is 5.14 Å².